The maximum absolute atomic E-state index is 13.8. The highest BCUT2D eigenvalue weighted by Gasteiger charge is 2.50. The van der Waals surface area contributed by atoms with E-state index in [9.17, 15) is 18.4 Å². The number of methoxy groups -OCH3 is 1. The molecule has 0 saturated heterocycles. The predicted molar refractivity (Wildman–Crippen MR) is 83.6 cm³/mol. The summed E-state index contributed by atoms with van der Waals surface area (Å²) in [5.41, 5.74) is 3.10. The lowest BCUT2D eigenvalue weighted by atomic mass is 9.61. The molecular weight excluding hydrogens is 314 g/mol. The van der Waals surface area contributed by atoms with Crippen molar-refractivity contribution in [3.63, 3.8) is 0 Å². The van der Waals surface area contributed by atoms with E-state index in [0.29, 0.717) is 12.8 Å². The first kappa shape index (κ1) is 15.2. The van der Waals surface area contributed by atoms with Crippen molar-refractivity contribution in [1.82, 2.24) is 0 Å². The average Bonchev–Trinajstić information content (AvgIpc) is 2.62. The maximum atomic E-state index is 13.8. The number of hydrogen-bond acceptors (Lipinski definition) is 3. The second-order valence-corrected chi connectivity index (χ2v) is 6.55. The molecule has 5 heteroatoms. The van der Waals surface area contributed by atoms with E-state index in [0.717, 1.165) is 22.4 Å². The van der Waals surface area contributed by atoms with Crippen molar-refractivity contribution in [3.8, 4) is 5.75 Å². The monoisotopic (exact) mass is 330 g/mol. The van der Waals surface area contributed by atoms with Crippen LogP contribution in [0.1, 0.15) is 24.0 Å². The van der Waals surface area contributed by atoms with E-state index in [-0.39, 0.29) is 12.3 Å². The lowest BCUT2D eigenvalue weighted by Gasteiger charge is -2.41. The summed E-state index contributed by atoms with van der Waals surface area (Å²) >= 11 is 0. The highest BCUT2D eigenvalue weighted by atomic mass is 19.2. The highest BCUT2D eigenvalue weighted by molar-refractivity contribution is 6.12. The Morgan fingerprint density at radius 2 is 1.83 bits per heavy atom. The standard InChI is InChI=1S/C19H16F2O3/c1-24-10-3-5-11-9(8-10)2-4-13-12(11)6-7-14-15(13)19(23)17(21)16(20)18(14)22/h3,5-6,8,13-15H,2,4,7H2,1H3/t13-,14+,15-/m1/s1. The molecule has 0 aromatic heterocycles. The molecule has 0 unspecified atom stereocenters. The van der Waals surface area contributed by atoms with Crippen molar-refractivity contribution in [2.24, 2.45) is 17.8 Å². The van der Waals surface area contributed by atoms with Crippen LogP contribution in [0.3, 0.4) is 0 Å². The molecule has 24 heavy (non-hydrogen) atoms. The van der Waals surface area contributed by atoms with E-state index in [4.69, 9.17) is 4.74 Å². The Kier molecular flexibility index (Phi) is 3.41. The molecule has 0 heterocycles. The Balaban J connectivity index is 1.78. The molecule has 0 spiro atoms. The molecule has 0 N–H and O–H groups in total. The van der Waals surface area contributed by atoms with Crippen LogP contribution in [0.4, 0.5) is 8.78 Å². The van der Waals surface area contributed by atoms with Crippen LogP contribution in [0.15, 0.2) is 35.9 Å². The number of Topliss-reactive ketones (excluding diaryl/α,β-unsaturated/α-hetero) is 2. The normalized spacial score (nSPS) is 28.8. The van der Waals surface area contributed by atoms with Crippen LogP contribution < -0.4 is 4.74 Å². The smallest absolute Gasteiger partial charge is 0.205 e. The van der Waals surface area contributed by atoms with Gasteiger partial charge < -0.3 is 4.74 Å². The van der Waals surface area contributed by atoms with E-state index < -0.39 is 35.1 Å². The SMILES string of the molecule is COc1ccc2c(c1)CC[C@@H]1C2=CC[C@@H]2C(=O)C(F)=C(F)C(=O)[C@@H]21. The van der Waals surface area contributed by atoms with Crippen LogP contribution in [-0.2, 0) is 16.0 Å². The van der Waals surface area contributed by atoms with Gasteiger partial charge in [-0.3, -0.25) is 9.59 Å². The molecule has 3 nitrogen and oxygen atoms in total. The van der Waals surface area contributed by atoms with Crippen molar-refractivity contribution < 1.29 is 23.1 Å². The van der Waals surface area contributed by atoms with Crippen LogP contribution in [0.25, 0.3) is 5.57 Å². The summed E-state index contributed by atoms with van der Waals surface area (Å²) in [7, 11) is 1.60. The summed E-state index contributed by atoms with van der Waals surface area (Å²) in [5, 5.41) is 0. The average molecular weight is 330 g/mol. The van der Waals surface area contributed by atoms with Gasteiger partial charge in [-0.05, 0) is 54.0 Å². The number of carbonyl (C=O) groups is 2. The minimum absolute atomic E-state index is 0.236. The molecule has 0 aliphatic heterocycles. The van der Waals surface area contributed by atoms with Gasteiger partial charge in [-0.1, -0.05) is 12.1 Å². The summed E-state index contributed by atoms with van der Waals surface area (Å²) in [6.45, 7) is 0. The zero-order valence-corrected chi connectivity index (χ0v) is 13.1. The lowest BCUT2D eigenvalue weighted by molar-refractivity contribution is -0.134. The fourth-order valence-corrected chi connectivity index (χ4v) is 4.33. The number of hydrogen-bond donors (Lipinski definition) is 0. The first-order chi connectivity index (χ1) is 11.5. The second kappa shape index (κ2) is 5.36. The van der Waals surface area contributed by atoms with Crippen LogP contribution in [0, 0.1) is 17.8 Å². The molecule has 1 aromatic carbocycles. The van der Waals surface area contributed by atoms with E-state index in [1.165, 1.54) is 0 Å². The van der Waals surface area contributed by atoms with Crippen LogP contribution in [0.2, 0.25) is 0 Å². The van der Waals surface area contributed by atoms with Crippen LogP contribution in [0.5, 0.6) is 5.75 Å². The number of fused-ring (bicyclic) bond motifs is 5. The minimum atomic E-state index is -1.50. The van der Waals surface area contributed by atoms with E-state index >= 15 is 0 Å². The zero-order chi connectivity index (χ0) is 17.0. The predicted octanol–water partition coefficient (Wildman–Crippen LogP) is 3.58. The molecular formula is C19H16F2O3. The Labute approximate surface area is 138 Å². The number of aryl methyl sites for hydroxylation is 1. The Morgan fingerprint density at radius 3 is 2.58 bits per heavy atom. The fourth-order valence-electron chi connectivity index (χ4n) is 4.33. The summed E-state index contributed by atoms with van der Waals surface area (Å²) in [4.78, 5) is 24.4. The fraction of sp³-hybridized carbons (Fsp3) is 0.368. The van der Waals surface area contributed by atoms with Gasteiger partial charge in [0.05, 0.1) is 7.11 Å². The molecule has 0 bridgehead atoms. The summed E-state index contributed by atoms with van der Waals surface area (Å²) < 4.78 is 32.7. The molecule has 3 aliphatic rings. The molecule has 3 aliphatic carbocycles. The van der Waals surface area contributed by atoms with Gasteiger partial charge in [-0.25, -0.2) is 0 Å². The molecule has 0 fully saturated rings. The third-order valence-corrected chi connectivity index (χ3v) is 5.47. The zero-order valence-electron chi connectivity index (χ0n) is 13.1. The number of benzene rings is 1. The van der Waals surface area contributed by atoms with Crippen molar-refractivity contribution in [1.29, 1.82) is 0 Å². The Hall–Kier alpha value is -2.30. The lowest BCUT2D eigenvalue weighted by Crippen LogP contribution is -2.43. The van der Waals surface area contributed by atoms with Gasteiger partial charge in [-0.15, -0.1) is 0 Å². The number of ether oxygens (including phenoxy) is 1. The van der Waals surface area contributed by atoms with Gasteiger partial charge in [0.25, 0.3) is 0 Å². The molecule has 0 radical (unpaired) electrons. The number of rotatable bonds is 1. The minimum Gasteiger partial charge on any atom is -0.497 e. The van der Waals surface area contributed by atoms with Crippen molar-refractivity contribution in [3.05, 3.63) is 47.1 Å². The molecule has 1 aromatic rings. The third-order valence-electron chi connectivity index (χ3n) is 5.47. The summed E-state index contributed by atoms with van der Waals surface area (Å²) in [6, 6.07) is 5.75. The van der Waals surface area contributed by atoms with Crippen molar-refractivity contribution in [2.45, 2.75) is 19.3 Å². The van der Waals surface area contributed by atoms with Gasteiger partial charge in [0.15, 0.2) is 11.6 Å². The quantitative estimate of drug-likeness (QED) is 0.790. The number of halogens is 2. The van der Waals surface area contributed by atoms with Gasteiger partial charge in [0.2, 0.25) is 11.7 Å². The number of carbonyl (C=O) groups excluding carboxylic acids is 2. The first-order valence-corrected chi connectivity index (χ1v) is 8.04. The van der Waals surface area contributed by atoms with E-state index in [2.05, 4.69) is 0 Å². The largest absolute Gasteiger partial charge is 0.497 e. The summed E-state index contributed by atoms with van der Waals surface area (Å²) in [5.74, 6) is -5.75. The summed E-state index contributed by atoms with van der Waals surface area (Å²) in [6.07, 6.45) is 3.54. The number of allylic oxidation sites excluding steroid dienone is 4. The molecule has 0 amide bonds. The molecule has 124 valence electrons. The topological polar surface area (TPSA) is 43.4 Å². The molecule has 4 rings (SSSR count). The van der Waals surface area contributed by atoms with Crippen molar-refractivity contribution >= 4 is 17.1 Å². The van der Waals surface area contributed by atoms with E-state index in [1.54, 1.807) is 7.11 Å². The molecule has 3 atom stereocenters. The van der Waals surface area contributed by atoms with Crippen LogP contribution >= 0.6 is 0 Å². The van der Waals surface area contributed by atoms with Crippen molar-refractivity contribution in [2.75, 3.05) is 7.11 Å². The molecule has 0 saturated carbocycles. The Morgan fingerprint density at radius 1 is 1.08 bits per heavy atom. The number of ketones is 2. The maximum Gasteiger partial charge on any atom is 0.205 e. The first-order valence-electron chi connectivity index (χ1n) is 8.04. The van der Waals surface area contributed by atoms with Gasteiger partial charge >= 0.3 is 0 Å². The third kappa shape index (κ3) is 2.00. The van der Waals surface area contributed by atoms with Gasteiger partial charge in [0.1, 0.15) is 5.75 Å². The van der Waals surface area contributed by atoms with Gasteiger partial charge in [0, 0.05) is 11.8 Å². The van der Waals surface area contributed by atoms with Gasteiger partial charge in [-0.2, -0.15) is 8.78 Å². The second-order valence-electron chi connectivity index (χ2n) is 6.55. The van der Waals surface area contributed by atoms with E-state index in [1.807, 2.05) is 24.3 Å². The highest BCUT2D eigenvalue weighted by Crippen LogP contribution is 2.50. The Bertz CT molecular complexity index is 822. The van der Waals surface area contributed by atoms with Crippen LogP contribution in [-0.4, -0.2) is 18.7 Å².